The molecule has 2 heterocycles. The minimum atomic E-state index is -0.286. The molecule has 0 aliphatic carbocycles. The highest BCUT2D eigenvalue weighted by atomic mass is 16.2. The van der Waals surface area contributed by atoms with Gasteiger partial charge in [-0.05, 0) is 48.6 Å². The molecule has 2 aliphatic rings. The van der Waals surface area contributed by atoms with Crippen LogP contribution >= 0.6 is 0 Å². The van der Waals surface area contributed by atoms with Gasteiger partial charge >= 0.3 is 6.03 Å². The number of hydrogen-bond donors (Lipinski definition) is 1. The highest BCUT2D eigenvalue weighted by Crippen LogP contribution is 2.43. The zero-order chi connectivity index (χ0) is 19.7. The quantitative estimate of drug-likeness (QED) is 0.803. The first-order valence-electron chi connectivity index (χ1n) is 10.0. The first kappa shape index (κ1) is 18.5. The monoisotopic (exact) mass is 377 g/mol. The highest BCUT2D eigenvalue weighted by molar-refractivity contribution is 6.04. The van der Waals surface area contributed by atoms with Crippen LogP contribution in [-0.2, 0) is 4.79 Å². The van der Waals surface area contributed by atoms with E-state index >= 15 is 0 Å². The van der Waals surface area contributed by atoms with Gasteiger partial charge in [0.05, 0.1) is 5.41 Å². The van der Waals surface area contributed by atoms with Crippen LogP contribution in [0.25, 0.3) is 0 Å². The van der Waals surface area contributed by atoms with Gasteiger partial charge in [-0.2, -0.15) is 0 Å². The van der Waals surface area contributed by atoms with E-state index in [1.54, 1.807) is 0 Å². The van der Waals surface area contributed by atoms with Gasteiger partial charge < -0.3 is 15.1 Å². The number of rotatable bonds is 3. The van der Waals surface area contributed by atoms with Crippen molar-refractivity contribution in [1.82, 2.24) is 4.90 Å². The number of benzene rings is 2. The lowest BCUT2D eigenvalue weighted by molar-refractivity contribution is -0.138. The zero-order valence-electron chi connectivity index (χ0n) is 16.5. The average Bonchev–Trinajstić information content (AvgIpc) is 2.73. The van der Waals surface area contributed by atoms with Gasteiger partial charge in [0.1, 0.15) is 0 Å². The molecule has 3 amide bonds. The number of carbonyl (C=O) groups excluding carboxylic acids is 2. The number of anilines is 2. The van der Waals surface area contributed by atoms with Crippen LogP contribution in [0.4, 0.5) is 16.2 Å². The summed E-state index contributed by atoms with van der Waals surface area (Å²) in [6, 6.07) is 17.7. The molecule has 146 valence electrons. The number of amides is 3. The Morgan fingerprint density at radius 3 is 2.21 bits per heavy atom. The summed E-state index contributed by atoms with van der Waals surface area (Å²) in [6.45, 7) is 6.28. The second kappa shape index (κ2) is 7.30. The summed E-state index contributed by atoms with van der Waals surface area (Å²) in [7, 11) is 0. The maximum Gasteiger partial charge on any atom is 0.321 e. The van der Waals surface area contributed by atoms with Crippen LogP contribution in [0.1, 0.15) is 38.2 Å². The molecule has 4 rings (SSSR count). The van der Waals surface area contributed by atoms with E-state index < -0.39 is 0 Å². The molecule has 0 radical (unpaired) electrons. The predicted octanol–water partition coefficient (Wildman–Crippen LogP) is 4.47. The van der Waals surface area contributed by atoms with Crippen molar-refractivity contribution in [3.05, 3.63) is 60.2 Å². The van der Waals surface area contributed by atoms with Crippen molar-refractivity contribution in [3.63, 3.8) is 0 Å². The summed E-state index contributed by atoms with van der Waals surface area (Å²) in [5, 5.41) is 2.98. The number of urea groups is 1. The third kappa shape index (κ3) is 3.37. The highest BCUT2D eigenvalue weighted by Gasteiger charge is 2.53. The van der Waals surface area contributed by atoms with Gasteiger partial charge in [-0.25, -0.2) is 4.79 Å². The fourth-order valence-electron chi connectivity index (χ4n) is 4.12. The van der Waals surface area contributed by atoms with Crippen molar-refractivity contribution >= 4 is 23.3 Å². The molecule has 2 aromatic carbocycles. The Hall–Kier alpha value is -2.82. The summed E-state index contributed by atoms with van der Waals surface area (Å²) in [4.78, 5) is 29.1. The van der Waals surface area contributed by atoms with Crippen LogP contribution in [0, 0.1) is 5.41 Å². The van der Waals surface area contributed by atoms with Gasteiger partial charge in [-0.15, -0.1) is 0 Å². The SMILES string of the molecule is CC(C)c1ccc(NC(=O)N2CCC3(CC2)CN(c2ccccc2)C3=O)cc1. The summed E-state index contributed by atoms with van der Waals surface area (Å²) in [5.41, 5.74) is 2.74. The summed E-state index contributed by atoms with van der Waals surface area (Å²) in [5.74, 6) is 0.668. The Morgan fingerprint density at radius 2 is 1.64 bits per heavy atom. The number of β-lactam (4-membered cyclic amide) rings is 1. The molecular weight excluding hydrogens is 350 g/mol. The van der Waals surface area contributed by atoms with Crippen molar-refractivity contribution in [2.24, 2.45) is 5.41 Å². The van der Waals surface area contributed by atoms with Crippen LogP contribution < -0.4 is 10.2 Å². The standard InChI is InChI=1S/C23H27N3O2/c1-17(2)18-8-10-19(11-9-18)24-22(28)25-14-12-23(13-15-25)16-26(21(23)27)20-6-4-3-5-7-20/h3-11,17H,12-16H2,1-2H3,(H,24,28). The van der Waals surface area contributed by atoms with E-state index in [4.69, 9.17) is 0 Å². The lowest BCUT2D eigenvalue weighted by Gasteiger charge is -2.52. The van der Waals surface area contributed by atoms with Crippen molar-refractivity contribution < 1.29 is 9.59 Å². The van der Waals surface area contributed by atoms with E-state index in [-0.39, 0.29) is 17.4 Å². The normalized spacial score (nSPS) is 18.3. The number of carbonyl (C=O) groups is 2. The minimum absolute atomic E-state index is 0.0844. The predicted molar refractivity (Wildman–Crippen MR) is 112 cm³/mol. The van der Waals surface area contributed by atoms with Crippen molar-refractivity contribution in [3.8, 4) is 0 Å². The van der Waals surface area contributed by atoms with Gasteiger partial charge in [-0.1, -0.05) is 44.2 Å². The summed E-state index contributed by atoms with van der Waals surface area (Å²) < 4.78 is 0. The number of nitrogens with zero attached hydrogens (tertiary/aromatic N) is 2. The third-order valence-electron chi connectivity index (χ3n) is 6.06. The van der Waals surface area contributed by atoms with Crippen molar-refractivity contribution in [2.45, 2.75) is 32.6 Å². The molecule has 1 N–H and O–H groups in total. The number of likely N-dealkylation sites (tertiary alicyclic amines) is 1. The Balaban J connectivity index is 1.32. The van der Waals surface area contributed by atoms with E-state index in [0.29, 0.717) is 19.0 Å². The molecule has 1 spiro atoms. The van der Waals surface area contributed by atoms with Crippen molar-refractivity contribution in [2.75, 3.05) is 29.9 Å². The molecular formula is C23H27N3O2. The average molecular weight is 377 g/mol. The van der Waals surface area contributed by atoms with Gasteiger partial charge in [-0.3, -0.25) is 4.79 Å². The molecule has 0 aromatic heterocycles. The van der Waals surface area contributed by atoms with Crippen LogP contribution in [-0.4, -0.2) is 36.5 Å². The minimum Gasteiger partial charge on any atom is -0.324 e. The molecule has 0 unspecified atom stereocenters. The van der Waals surface area contributed by atoms with Crippen LogP contribution in [0.5, 0.6) is 0 Å². The maximum atomic E-state index is 12.8. The number of hydrogen-bond acceptors (Lipinski definition) is 2. The van der Waals surface area contributed by atoms with Crippen molar-refractivity contribution in [1.29, 1.82) is 0 Å². The Kier molecular flexibility index (Phi) is 4.84. The summed E-state index contributed by atoms with van der Waals surface area (Å²) >= 11 is 0. The van der Waals surface area contributed by atoms with Gasteiger partial charge in [0, 0.05) is 31.0 Å². The lowest BCUT2D eigenvalue weighted by atomic mass is 9.71. The number of para-hydroxylation sites is 1. The second-order valence-electron chi connectivity index (χ2n) is 8.20. The topological polar surface area (TPSA) is 52.7 Å². The zero-order valence-corrected chi connectivity index (χ0v) is 16.5. The lowest BCUT2D eigenvalue weighted by Crippen LogP contribution is -2.65. The summed E-state index contributed by atoms with van der Waals surface area (Å²) in [6.07, 6.45) is 1.46. The molecule has 0 saturated carbocycles. The molecule has 2 aromatic rings. The Bertz CT molecular complexity index is 853. The first-order valence-corrected chi connectivity index (χ1v) is 10.0. The molecule has 0 bridgehead atoms. The Labute approximate surface area is 166 Å². The van der Waals surface area contributed by atoms with E-state index in [1.807, 2.05) is 52.3 Å². The van der Waals surface area contributed by atoms with E-state index in [0.717, 1.165) is 30.8 Å². The van der Waals surface area contributed by atoms with Gasteiger partial charge in [0.2, 0.25) is 5.91 Å². The van der Waals surface area contributed by atoms with Crippen LogP contribution in [0.15, 0.2) is 54.6 Å². The molecule has 5 nitrogen and oxygen atoms in total. The van der Waals surface area contributed by atoms with Crippen LogP contribution in [0.2, 0.25) is 0 Å². The molecule has 0 atom stereocenters. The van der Waals surface area contributed by atoms with Crippen LogP contribution in [0.3, 0.4) is 0 Å². The maximum absolute atomic E-state index is 12.8. The molecule has 2 fully saturated rings. The first-order chi connectivity index (χ1) is 13.5. The fourth-order valence-corrected chi connectivity index (χ4v) is 4.12. The number of piperidine rings is 1. The van der Waals surface area contributed by atoms with Gasteiger partial charge in [0.25, 0.3) is 0 Å². The molecule has 5 heteroatoms. The number of nitrogens with one attached hydrogen (secondary N) is 1. The second-order valence-corrected chi connectivity index (χ2v) is 8.20. The third-order valence-corrected chi connectivity index (χ3v) is 6.06. The fraction of sp³-hybridized carbons (Fsp3) is 0.391. The molecule has 2 saturated heterocycles. The molecule has 2 aliphatic heterocycles. The molecule has 28 heavy (non-hydrogen) atoms. The van der Waals surface area contributed by atoms with E-state index in [1.165, 1.54) is 5.56 Å². The largest absolute Gasteiger partial charge is 0.324 e. The van der Waals surface area contributed by atoms with Gasteiger partial charge in [0.15, 0.2) is 0 Å². The smallest absolute Gasteiger partial charge is 0.321 e. The van der Waals surface area contributed by atoms with E-state index in [2.05, 4.69) is 31.3 Å². The Morgan fingerprint density at radius 1 is 1.00 bits per heavy atom. The van der Waals surface area contributed by atoms with E-state index in [9.17, 15) is 9.59 Å².